The largest absolute Gasteiger partial charge is 0.212 e. The molecule has 0 amide bonds. The van der Waals surface area contributed by atoms with Crippen molar-refractivity contribution in [3.05, 3.63) is 35.7 Å². The Kier molecular flexibility index (Phi) is 4.64. The van der Waals surface area contributed by atoms with Crippen LogP contribution in [0.2, 0.25) is 0 Å². The molecular weight excluding hydrogens is 175 g/mol. The summed E-state index contributed by atoms with van der Waals surface area (Å²) in [6, 6.07) is 0. The maximum absolute atomic E-state index is 12.8. The van der Waals surface area contributed by atoms with E-state index in [2.05, 4.69) is 25.2 Å². The highest BCUT2D eigenvalue weighted by atomic mass is 19.1. The highest BCUT2D eigenvalue weighted by Gasteiger charge is 2.08. The lowest BCUT2D eigenvalue weighted by Crippen LogP contribution is -2.00. The van der Waals surface area contributed by atoms with Crippen LogP contribution in [-0.2, 0) is 0 Å². The van der Waals surface area contributed by atoms with Crippen molar-refractivity contribution in [2.75, 3.05) is 0 Å². The van der Waals surface area contributed by atoms with E-state index >= 15 is 0 Å². The average Bonchev–Trinajstić information content (AvgIpc) is 2.17. The summed E-state index contributed by atoms with van der Waals surface area (Å²) in [6.45, 7) is 3.91. The molecule has 0 nitrogen and oxygen atoms in total. The molecule has 78 valence electrons. The van der Waals surface area contributed by atoms with Crippen LogP contribution in [0.15, 0.2) is 35.7 Å². The fraction of sp³-hybridized carbons (Fsp3) is 0.538. The molecule has 0 fully saturated rings. The van der Waals surface area contributed by atoms with Gasteiger partial charge < -0.3 is 0 Å². The van der Waals surface area contributed by atoms with Crippen molar-refractivity contribution < 1.29 is 4.39 Å². The molecule has 0 aromatic carbocycles. The van der Waals surface area contributed by atoms with Gasteiger partial charge in [-0.3, -0.25) is 0 Å². The zero-order valence-electron chi connectivity index (χ0n) is 9.09. The predicted octanol–water partition coefficient (Wildman–Crippen LogP) is 4.55. The third-order valence-corrected chi connectivity index (χ3v) is 2.65. The van der Waals surface area contributed by atoms with Gasteiger partial charge in [-0.15, -0.1) is 0 Å². The maximum atomic E-state index is 12.8. The van der Waals surface area contributed by atoms with E-state index in [4.69, 9.17) is 0 Å². The van der Waals surface area contributed by atoms with E-state index in [1.807, 2.05) is 0 Å². The second-order valence-corrected chi connectivity index (χ2v) is 3.99. The van der Waals surface area contributed by atoms with Crippen molar-refractivity contribution in [3.63, 3.8) is 0 Å². The number of halogens is 1. The van der Waals surface area contributed by atoms with Gasteiger partial charge in [-0.1, -0.05) is 29.9 Å². The third-order valence-electron chi connectivity index (χ3n) is 2.65. The van der Waals surface area contributed by atoms with Crippen LogP contribution < -0.4 is 0 Å². The lowest BCUT2D eigenvalue weighted by Gasteiger charge is -2.15. The Morgan fingerprint density at radius 1 is 1.64 bits per heavy atom. The third kappa shape index (κ3) is 3.91. The van der Waals surface area contributed by atoms with Crippen molar-refractivity contribution in [3.8, 4) is 0 Å². The highest BCUT2D eigenvalue weighted by Crippen LogP contribution is 2.23. The van der Waals surface area contributed by atoms with Gasteiger partial charge in [-0.05, 0) is 45.4 Å². The Bertz CT molecular complexity index is 258. The fourth-order valence-electron chi connectivity index (χ4n) is 1.80. The lowest BCUT2D eigenvalue weighted by atomic mass is 9.91. The SMILES string of the molecule is CC=C(F)CCCC1C=CC=C(C)C1. The van der Waals surface area contributed by atoms with E-state index in [0.29, 0.717) is 12.3 Å². The quantitative estimate of drug-likeness (QED) is 0.615. The summed E-state index contributed by atoms with van der Waals surface area (Å²) in [4.78, 5) is 0. The number of hydrogen-bond donors (Lipinski definition) is 0. The minimum absolute atomic E-state index is 0.0250. The van der Waals surface area contributed by atoms with Crippen LogP contribution in [0.25, 0.3) is 0 Å². The average molecular weight is 194 g/mol. The molecule has 1 rings (SSSR count). The number of hydrogen-bond acceptors (Lipinski definition) is 0. The van der Waals surface area contributed by atoms with Gasteiger partial charge in [0.05, 0.1) is 5.83 Å². The molecule has 0 N–H and O–H groups in total. The summed E-state index contributed by atoms with van der Waals surface area (Å²) in [5.74, 6) is 0.654. The molecule has 0 aliphatic heterocycles. The molecule has 0 aromatic rings. The van der Waals surface area contributed by atoms with E-state index in [1.54, 1.807) is 13.0 Å². The molecule has 0 saturated carbocycles. The monoisotopic (exact) mass is 194 g/mol. The Morgan fingerprint density at radius 2 is 2.43 bits per heavy atom. The Labute approximate surface area is 86.2 Å². The van der Waals surface area contributed by atoms with E-state index in [1.165, 1.54) is 5.57 Å². The zero-order valence-corrected chi connectivity index (χ0v) is 9.09. The molecule has 0 radical (unpaired) electrons. The first-order chi connectivity index (χ1) is 6.72. The van der Waals surface area contributed by atoms with Gasteiger partial charge >= 0.3 is 0 Å². The van der Waals surface area contributed by atoms with Gasteiger partial charge in [0.1, 0.15) is 0 Å². The van der Waals surface area contributed by atoms with E-state index < -0.39 is 0 Å². The van der Waals surface area contributed by atoms with Gasteiger partial charge in [-0.25, -0.2) is 4.39 Å². The Hall–Kier alpha value is -0.850. The minimum Gasteiger partial charge on any atom is -0.212 e. The maximum Gasteiger partial charge on any atom is 0.0957 e. The molecule has 0 heterocycles. The van der Waals surface area contributed by atoms with Crippen LogP contribution >= 0.6 is 0 Å². The van der Waals surface area contributed by atoms with Crippen LogP contribution in [-0.4, -0.2) is 0 Å². The summed E-state index contributed by atoms with van der Waals surface area (Å²) in [5.41, 5.74) is 1.43. The molecule has 14 heavy (non-hydrogen) atoms. The molecule has 1 unspecified atom stereocenters. The summed E-state index contributed by atoms with van der Waals surface area (Å²) in [6.07, 6.45) is 11.9. The molecule has 0 aromatic heterocycles. The molecule has 0 spiro atoms. The molecule has 1 aliphatic rings. The Balaban J connectivity index is 2.20. The van der Waals surface area contributed by atoms with Crippen molar-refractivity contribution in [2.24, 2.45) is 5.92 Å². The minimum atomic E-state index is 0.0250. The molecule has 1 atom stereocenters. The van der Waals surface area contributed by atoms with Crippen LogP contribution in [0.3, 0.4) is 0 Å². The lowest BCUT2D eigenvalue weighted by molar-refractivity contribution is 0.508. The second-order valence-electron chi connectivity index (χ2n) is 3.99. The van der Waals surface area contributed by atoms with Crippen molar-refractivity contribution in [1.29, 1.82) is 0 Å². The molecule has 0 saturated heterocycles. The Morgan fingerprint density at radius 3 is 3.07 bits per heavy atom. The molecular formula is C13H19F. The summed E-state index contributed by atoms with van der Waals surface area (Å²) in [7, 11) is 0. The number of rotatable bonds is 4. The van der Waals surface area contributed by atoms with Crippen LogP contribution in [0.1, 0.15) is 39.5 Å². The van der Waals surface area contributed by atoms with Gasteiger partial charge in [0.25, 0.3) is 0 Å². The van der Waals surface area contributed by atoms with Crippen molar-refractivity contribution in [1.82, 2.24) is 0 Å². The van der Waals surface area contributed by atoms with Crippen LogP contribution in [0.5, 0.6) is 0 Å². The van der Waals surface area contributed by atoms with Gasteiger partial charge in [0.15, 0.2) is 0 Å². The first-order valence-electron chi connectivity index (χ1n) is 5.37. The van der Waals surface area contributed by atoms with Crippen LogP contribution in [0.4, 0.5) is 4.39 Å². The molecule has 1 heteroatoms. The summed E-state index contributed by atoms with van der Waals surface area (Å²) in [5, 5.41) is 0. The summed E-state index contributed by atoms with van der Waals surface area (Å²) >= 11 is 0. The highest BCUT2D eigenvalue weighted by molar-refractivity contribution is 5.17. The van der Waals surface area contributed by atoms with Gasteiger partial charge in [0.2, 0.25) is 0 Å². The fourth-order valence-corrected chi connectivity index (χ4v) is 1.80. The topological polar surface area (TPSA) is 0 Å². The van der Waals surface area contributed by atoms with Crippen molar-refractivity contribution in [2.45, 2.75) is 39.5 Å². The van der Waals surface area contributed by atoms with Crippen LogP contribution in [0, 0.1) is 5.92 Å². The van der Waals surface area contributed by atoms with Gasteiger partial charge in [0, 0.05) is 0 Å². The standard InChI is InChI=1S/C13H19F/c1-3-13(14)9-5-8-12-7-4-6-11(2)10-12/h3-4,6-7,12H,5,8-10H2,1-2H3. The summed E-state index contributed by atoms with van der Waals surface area (Å²) < 4.78 is 12.8. The molecule has 1 aliphatic carbocycles. The van der Waals surface area contributed by atoms with Gasteiger partial charge in [-0.2, -0.15) is 0 Å². The normalized spacial score (nSPS) is 22.4. The first-order valence-corrected chi connectivity index (χ1v) is 5.37. The second kappa shape index (κ2) is 5.79. The van der Waals surface area contributed by atoms with E-state index in [0.717, 1.165) is 19.3 Å². The zero-order chi connectivity index (χ0) is 10.4. The first kappa shape index (κ1) is 11.2. The van der Waals surface area contributed by atoms with E-state index in [-0.39, 0.29) is 5.83 Å². The number of allylic oxidation sites excluding steroid dienone is 6. The smallest absolute Gasteiger partial charge is 0.0957 e. The predicted molar refractivity (Wildman–Crippen MR) is 59.7 cm³/mol. The molecule has 0 bridgehead atoms. The van der Waals surface area contributed by atoms with E-state index in [9.17, 15) is 4.39 Å². The van der Waals surface area contributed by atoms with Crippen molar-refractivity contribution >= 4 is 0 Å².